The fourth-order valence-corrected chi connectivity index (χ4v) is 8.28. The van der Waals surface area contributed by atoms with E-state index in [0.717, 1.165) is 5.54 Å². The zero-order chi connectivity index (χ0) is 17.8. The van der Waals surface area contributed by atoms with E-state index < -0.39 is 8.80 Å². The molecule has 1 atom stereocenters. The summed E-state index contributed by atoms with van der Waals surface area (Å²) in [6.45, 7) is 15.5. The molecule has 1 radical (unpaired) electrons. The van der Waals surface area contributed by atoms with Crippen molar-refractivity contribution in [1.82, 2.24) is 0 Å². The van der Waals surface area contributed by atoms with Crippen LogP contribution in [0.25, 0.3) is 0 Å². The maximum atomic E-state index is 2.60. The van der Waals surface area contributed by atoms with Gasteiger partial charge in [0, 0.05) is 14.7 Å². The molecule has 0 saturated heterocycles. The summed E-state index contributed by atoms with van der Waals surface area (Å²) in [7, 11) is -0.678. The van der Waals surface area contributed by atoms with E-state index in [0.29, 0.717) is 10.8 Å². The van der Waals surface area contributed by atoms with Gasteiger partial charge in [-0.25, -0.2) is 0 Å². The van der Waals surface area contributed by atoms with E-state index in [-0.39, 0.29) is 0 Å². The predicted molar refractivity (Wildman–Crippen MR) is 112 cm³/mol. The summed E-state index contributed by atoms with van der Waals surface area (Å²) in [6, 6.07) is 0. The summed E-state index contributed by atoms with van der Waals surface area (Å²) >= 11 is 0. The number of hydrogen-bond donors (Lipinski definition) is 0. The van der Waals surface area contributed by atoms with Crippen LogP contribution in [0.4, 0.5) is 0 Å². The fourth-order valence-electron chi connectivity index (χ4n) is 5.30. The molecule has 0 heterocycles. The Morgan fingerprint density at radius 3 is 2.12 bits per heavy atom. The third kappa shape index (κ3) is 4.26. The SMILES string of the molecule is C[SiH](C)C1CCCCCCCC[C](C2=CC=CC2)C(C)(C)C1(C)C. The molecule has 0 aromatic rings. The van der Waals surface area contributed by atoms with Gasteiger partial charge in [-0.15, -0.1) is 0 Å². The zero-order valence-electron chi connectivity index (χ0n) is 17.3. The van der Waals surface area contributed by atoms with Gasteiger partial charge in [0.05, 0.1) is 0 Å². The van der Waals surface area contributed by atoms with E-state index in [4.69, 9.17) is 0 Å². The van der Waals surface area contributed by atoms with E-state index >= 15 is 0 Å². The average Bonchev–Trinajstić information content (AvgIpc) is 3.01. The van der Waals surface area contributed by atoms with Gasteiger partial charge in [0.15, 0.2) is 0 Å². The minimum Gasteiger partial charge on any atom is -0.0804 e. The van der Waals surface area contributed by atoms with Gasteiger partial charge in [-0.05, 0) is 29.2 Å². The first-order chi connectivity index (χ1) is 11.3. The molecule has 24 heavy (non-hydrogen) atoms. The van der Waals surface area contributed by atoms with Crippen LogP contribution in [0.15, 0.2) is 23.8 Å². The molecular formula is C23H41Si. The molecule has 1 unspecified atom stereocenters. The summed E-state index contributed by atoms with van der Waals surface area (Å²) in [5.74, 6) is 1.78. The summed E-state index contributed by atoms with van der Waals surface area (Å²) in [5, 5.41) is 0. The van der Waals surface area contributed by atoms with E-state index in [1.54, 1.807) is 11.5 Å². The number of rotatable bonds is 2. The van der Waals surface area contributed by atoms with E-state index in [1.165, 1.54) is 57.8 Å². The zero-order valence-corrected chi connectivity index (χ0v) is 18.4. The van der Waals surface area contributed by atoms with Crippen molar-refractivity contribution in [2.45, 2.75) is 104 Å². The fraction of sp³-hybridized carbons (Fsp3) is 0.783. The lowest BCUT2D eigenvalue weighted by Crippen LogP contribution is -2.45. The van der Waals surface area contributed by atoms with Crippen molar-refractivity contribution in [3.05, 3.63) is 29.7 Å². The van der Waals surface area contributed by atoms with Crippen LogP contribution < -0.4 is 0 Å². The molecule has 1 heteroatoms. The van der Waals surface area contributed by atoms with Crippen LogP contribution in [0.3, 0.4) is 0 Å². The molecular weight excluding hydrogens is 304 g/mol. The van der Waals surface area contributed by atoms with Crippen LogP contribution in [-0.4, -0.2) is 8.80 Å². The second-order valence-corrected chi connectivity index (χ2v) is 13.0. The molecule has 0 N–H and O–H groups in total. The van der Waals surface area contributed by atoms with Crippen molar-refractivity contribution in [1.29, 1.82) is 0 Å². The quantitative estimate of drug-likeness (QED) is 0.455. The third-order valence-electron chi connectivity index (χ3n) is 7.45. The summed E-state index contributed by atoms with van der Waals surface area (Å²) < 4.78 is 0. The Balaban J connectivity index is 2.34. The molecule has 1 fully saturated rings. The Hall–Kier alpha value is -0.303. The maximum Gasteiger partial charge on any atom is 0.0343 e. The molecule has 0 aromatic carbocycles. The standard InChI is InChI=1S/C23H41Si/c1-22(2)20(19-15-13-14-16-19)17-11-9-7-8-10-12-18-21(24(5)6)23(22,3)4/h13-15,21,24H,7-12,16-18H2,1-6H3. The maximum absolute atomic E-state index is 2.60. The first-order valence-electron chi connectivity index (χ1n) is 10.5. The van der Waals surface area contributed by atoms with E-state index in [9.17, 15) is 0 Å². The molecule has 1 saturated carbocycles. The van der Waals surface area contributed by atoms with Gasteiger partial charge < -0.3 is 0 Å². The minimum atomic E-state index is -0.678. The average molecular weight is 346 g/mol. The van der Waals surface area contributed by atoms with Crippen molar-refractivity contribution >= 4 is 8.80 Å². The van der Waals surface area contributed by atoms with Gasteiger partial charge in [0.1, 0.15) is 0 Å². The van der Waals surface area contributed by atoms with Gasteiger partial charge in [0.25, 0.3) is 0 Å². The topological polar surface area (TPSA) is 0 Å². The van der Waals surface area contributed by atoms with Gasteiger partial charge in [-0.3, -0.25) is 0 Å². The van der Waals surface area contributed by atoms with Crippen molar-refractivity contribution < 1.29 is 0 Å². The molecule has 0 amide bonds. The summed E-state index contributed by atoms with van der Waals surface area (Å²) in [5.41, 5.74) is 3.27. The van der Waals surface area contributed by atoms with Crippen LogP contribution in [0, 0.1) is 16.7 Å². The van der Waals surface area contributed by atoms with Crippen LogP contribution >= 0.6 is 0 Å². The molecule has 0 aliphatic heterocycles. The number of allylic oxidation sites excluding steroid dienone is 4. The second kappa shape index (κ2) is 8.38. The van der Waals surface area contributed by atoms with Crippen LogP contribution in [0.5, 0.6) is 0 Å². The minimum absolute atomic E-state index is 0.298. The van der Waals surface area contributed by atoms with Gasteiger partial charge in [-0.1, -0.05) is 110 Å². The largest absolute Gasteiger partial charge is 0.0804 e. The Morgan fingerprint density at radius 2 is 1.54 bits per heavy atom. The van der Waals surface area contributed by atoms with Gasteiger partial charge in [0.2, 0.25) is 0 Å². The van der Waals surface area contributed by atoms with Gasteiger partial charge in [-0.2, -0.15) is 0 Å². The Morgan fingerprint density at radius 1 is 0.917 bits per heavy atom. The molecule has 2 rings (SSSR count). The highest BCUT2D eigenvalue weighted by molar-refractivity contribution is 6.57. The van der Waals surface area contributed by atoms with Crippen molar-refractivity contribution in [2.24, 2.45) is 10.8 Å². The highest BCUT2D eigenvalue weighted by atomic mass is 28.3. The highest BCUT2D eigenvalue weighted by Gasteiger charge is 2.48. The first kappa shape index (κ1) is 20.0. The van der Waals surface area contributed by atoms with Crippen LogP contribution in [-0.2, 0) is 0 Å². The Bertz CT molecular complexity index is 453. The monoisotopic (exact) mass is 345 g/mol. The summed E-state index contributed by atoms with van der Waals surface area (Å²) in [4.78, 5) is 0. The predicted octanol–water partition coefficient (Wildman–Crippen LogP) is 7.49. The van der Waals surface area contributed by atoms with E-state index in [1.807, 2.05) is 0 Å². The lowest BCUT2D eigenvalue weighted by Gasteiger charge is -2.53. The van der Waals surface area contributed by atoms with Crippen LogP contribution in [0.1, 0.15) is 85.5 Å². The van der Waals surface area contributed by atoms with Crippen molar-refractivity contribution in [3.8, 4) is 0 Å². The molecule has 2 aliphatic rings. The number of hydrogen-bond acceptors (Lipinski definition) is 0. The lowest BCUT2D eigenvalue weighted by atomic mass is 9.56. The summed E-state index contributed by atoms with van der Waals surface area (Å²) in [6.07, 6.45) is 19.6. The molecule has 0 aromatic heterocycles. The molecule has 0 bridgehead atoms. The lowest BCUT2D eigenvalue weighted by molar-refractivity contribution is 0.105. The van der Waals surface area contributed by atoms with Crippen molar-refractivity contribution in [3.63, 3.8) is 0 Å². The molecule has 0 spiro atoms. The van der Waals surface area contributed by atoms with E-state index in [2.05, 4.69) is 59.0 Å². The Kier molecular flexibility index (Phi) is 6.99. The highest BCUT2D eigenvalue weighted by Crippen LogP contribution is 2.58. The molecule has 137 valence electrons. The molecule has 2 aliphatic carbocycles. The first-order valence-corrected chi connectivity index (χ1v) is 13.5. The van der Waals surface area contributed by atoms with Crippen molar-refractivity contribution in [2.75, 3.05) is 0 Å². The van der Waals surface area contributed by atoms with Gasteiger partial charge >= 0.3 is 0 Å². The smallest absolute Gasteiger partial charge is 0.0343 e. The normalized spacial score (nSPS) is 29.1. The Labute approximate surface area is 153 Å². The third-order valence-corrected chi connectivity index (χ3v) is 10.2. The van der Waals surface area contributed by atoms with Crippen LogP contribution in [0.2, 0.25) is 18.6 Å². The second-order valence-electron chi connectivity index (χ2n) is 9.66. The molecule has 0 nitrogen and oxygen atoms in total.